The molecule has 1 aliphatic heterocycles. The van der Waals surface area contributed by atoms with Gasteiger partial charge in [-0.25, -0.2) is 13.8 Å². The Labute approximate surface area is 125 Å². The minimum Gasteiger partial charge on any atom is -0.550 e. The van der Waals surface area contributed by atoms with Crippen LogP contribution in [0.3, 0.4) is 0 Å². The van der Waals surface area contributed by atoms with Crippen molar-refractivity contribution >= 4 is 23.4 Å². The van der Waals surface area contributed by atoms with Crippen LogP contribution in [-0.4, -0.2) is 33.9 Å². The van der Waals surface area contributed by atoms with Crippen molar-refractivity contribution in [1.82, 2.24) is 4.98 Å². The van der Waals surface area contributed by atoms with Crippen molar-refractivity contribution < 1.29 is 28.8 Å². The van der Waals surface area contributed by atoms with Crippen molar-refractivity contribution in [2.24, 2.45) is 5.10 Å². The fourth-order valence-corrected chi connectivity index (χ4v) is 1.91. The lowest BCUT2D eigenvalue weighted by Crippen LogP contribution is -2.51. The fraction of sp³-hybridized carbons (Fsp3) is 0.500. The number of nitrogens with two attached hydrogens (primary N) is 1. The number of halogens is 2. The van der Waals surface area contributed by atoms with Gasteiger partial charge in [-0.15, -0.1) is 10.1 Å². The molecule has 2 rings (SSSR count). The van der Waals surface area contributed by atoms with E-state index in [9.17, 15) is 13.9 Å². The number of nitrogens with zero attached hydrogens (tertiary/aromatic N) is 3. The maximum Gasteiger partial charge on any atom is 0.342 e. The average Bonchev–Trinajstić information content (AvgIpc) is 2.64. The molecule has 0 fully saturated rings. The Kier molecular flexibility index (Phi) is 5.31. The number of aliphatic hydroxyl groups is 1. The summed E-state index contributed by atoms with van der Waals surface area (Å²) in [7, 11) is 0. The summed E-state index contributed by atoms with van der Waals surface area (Å²) in [5.74, 6) is -0.832. The Morgan fingerprint density at radius 1 is 1.59 bits per heavy atom. The summed E-state index contributed by atoms with van der Waals surface area (Å²) in [6, 6.07) is 1.49. The van der Waals surface area contributed by atoms with Gasteiger partial charge in [0, 0.05) is 12.0 Å². The molecular weight excluding hydrogens is 300 g/mol. The third-order valence-corrected chi connectivity index (χ3v) is 2.63. The number of anilines is 2. The van der Waals surface area contributed by atoms with Gasteiger partial charge >= 0.3 is 5.95 Å². The van der Waals surface area contributed by atoms with E-state index in [0.29, 0.717) is 11.4 Å². The van der Waals surface area contributed by atoms with Gasteiger partial charge in [-0.3, -0.25) is 0 Å². The molecule has 1 aromatic heterocycles. The summed E-state index contributed by atoms with van der Waals surface area (Å²) in [6.45, 7) is 4.21. The summed E-state index contributed by atoms with van der Waals surface area (Å²) in [6.07, 6.45) is -3.18. The van der Waals surface area contributed by atoms with Crippen LogP contribution >= 0.6 is 0 Å². The normalized spacial score (nSPS) is 20.5. The number of hydrogen-bond acceptors (Lipinski definition) is 7. The molecule has 1 aliphatic rings. The highest BCUT2D eigenvalue weighted by atomic mass is 19.3. The molecule has 0 amide bonds. The topological polar surface area (TPSA) is 129 Å². The van der Waals surface area contributed by atoms with Crippen molar-refractivity contribution in [2.45, 2.75) is 39.3 Å². The van der Waals surface area contributed by atoms with E-state index in [1.807, 2.05) is 0 Å². The van der Waals surface area contributed by atoms with Crippen molar-refractivity contribution in [1.29, 1.82) is 0 Å². The van der Waals surface area contributed by atoms with Gasteiger partial charge in [0.2, 0.25) is 5.82 Å². The number of carboxylic acids is 1. The second kappa shape index (κ2) is 6.60. The smallest absolute Gasteiger partial charge is 0.342 e. The lowest BCUT2D eigenvalue weighted by atomic mass is 10.1. The first-order valence-electron chi connectivity index (χ1n) is 6.25. The molecular formula is C12H17F2N5O3. The summed E-state index contributed by atoms with van der Waals surface area (Å²) < 4.78 is 26.0. The number of nitrogen functional groups attached to an aromatic ring is 1. The number of rotatable bonds is 2. The molecule has 0 saturated carbocycles. The van der Waals surface area contributed by atoms with Crippen LogP contribution < -0.4 is 20.8 Å². The molecule has 1 atom stereocenters. The fourth-order valence-electron chi connectivity index (χ4n) is 1.91. The van der Waals surface area contributed by atoms with E-state index in [4.69, 9.17) is 15.6 Å². The van der Waals surface area contributed by atoms with Crippen LogP contribution in [-0.2, 0) is 4.79 Å². The zero-order chi connectivity index (χ0) is 17.1. The molecule has 0 bridgehead atoms. The number of carbonyl (C=O) groups excluding carboxylic acids is 1. The van der Waals surface area contributed by atoms with E-state index < -0.39 is 18.1 Å². The monoisotopic (exact) mass is 317 g/mol. The number of aryl methyl sites for hydroxylation is 1. The molecule has 122 valence electrons. The molecule has 22 heavy (non-hydrogen) atoms. The number of H-pyrrole nitrogens is 1. The van der Waals surface area contributed by atoms with E-state index in [-0.39, 0.29) is 18.2 Å². The number of hydrazone groups is 1. The zero-order valence-electron chi connectivity index (χ0n) is 12.3. The van der Waals surface area contributed by atoms with Crippen molar-refractivity contribution in [3.05, 3.63) is 11.8 Å². The number of alkyl halides is 2. The van der Waals surface area contributed by atoms with Crippen LogP contribution in [0.1, 0.15) is 26.0 Å². The van der Waals surface area contributed by atoms with Gasteiger partial charge in [0.1, 0.15) is 5.69 Å². The molecule has 1 aromatic rings. The lowest BCUT2D eigenvalue weighted by Gasteiger charge is -2.27. The molecule has 10 heteroatoms. The molecule has 8 nitrogen and oxygen atoms in total. The van der Waals surface area contributed by atoms with E-state index in [0.717, 1.165) is 11.9 Å². The Balaban J connectivity index is 0.000000541. The summed E-state index contributed by atoms with van der Waals surface area (Å²) in [4.78, 5) is 15.4. The average molecular weight is 317 g/mol. The van der Waals surface area contributed by atoms with E-state index in [1.54, 1.807) is 13.8 Å². The van der Waals surface area contributed by atoms with Gasteiger partial charge in [-0.1, -0.05) is 0 Å². The maximum absolute atomic E-state index is 13.0. The van der Waals surface area contributed by atoms with Crippen LogP contribution in [0.15, 0.2) is 11.2 Å². The second-order valence-corrected chi connectivity index (χ2v) is 4.79. The first-order valence-corrected chi connectivity index (χ1v) is 6.25. The third-order valence-electron chi connectivity index (χ3n) is 2.63. The van der Waals surface area contributed by atoms with Gasteiger partial charge in [0.15, 0.2) is 0 Å². The number of aromatic nitrogens is 2. The molecule has 0 aromatic carbocycles. The van der Waals surface area contributed by atoms with E-state index in [1.165, 1.54) is 6.07 Å². The Morgan fingerprint density at radius 2 is 2.14 bits per heavy atom. The van der Waals surface area contributed by atoms with Crippen LogP contribution in [0, 0.1) is 6.92 Å². The highest BCUT2D eigenvalue weighted by Gasteiger charge is 2.52. The molecule has 0 aliphatic carbocycles. The maximum atomic E-state index is 13.0. The van der Waals surface area contributed by atoms with Crippen LogP contribution in [0.5, 0.6) is 0 Å². The van der Waals surface area contributed by atoms with Crippen LogP contribution in [0.2, 0.25) is 0 Å². The highest BCUT2D eigenvalue weighted by Crippen LogP contribution is 2.33. The van der Waals surface area contributed by atoms with Crippen molar-refractivity contribution in [3.63, 3.8) is 0 Å². The van der Waals surface area contributed by atoms with Gasteiger partial charge in [-0.05, 0) is 20.8 Å². The Morgan fingerprint density at radius 3 is 2.59 bits per heavy atom. The minimum absolute atomic E-state index is 0.0707. The highest BCUT2D eigenvalue weighted by molar-refractivity contribution is 5.86. The van der Waals surface area contributed by atoms with Gasteiger partial charge in [0.05, 0.1) is 12.1 Å². The van der Waals surface area contributed by atoms with E-state index in [2.05, 4.69) is 15.1 Å². The number of aliphatic carboxylic acids is 1. The molecule has 0 saturated heterocycles. The van der Waals surface area contributed by atoms with Gasteiger partial charge < -0.3 is 20.7 Å². The quantitative estimate of drug-likeness (QED) is 0.726. The molecule has 2 heterocycles. The predicted octanol–water partition coefficient (Wildman–Crippen LogP) is -0.918. The summed E-state index contributed by atoms with van der Waals surface area (Å²) >= 11 is 0. The number of hydrogen-bond donors (Lipinski definition) is 2. The molecule has 0 radical (unpaired) electrons. The van der Waals surface area contributed by atoms with Crippen molar-refractivity contribution in [2.75, 3.05) is 10.7 Å². The van der Waals surface area contributed by atoms with Crippen LogP contribution in [0.4, 0.5) is 20.5 Å². The Hall–Kier alpha value is -2.36. The van der Waals surface area contributed by atoms with Crippen LogP contribution in [0.25, 0.3) is 0 Å². The lowest BCUT2D eigenvalue weighted by molar-refractivity contribution is -0.353. The SMILES string of the molecule is CC(=O)[O-].CC1=NN(c2cc(C)nc(N)[nH+]2)C(O)(C(F)F)C1. The van der Waals surface area contributed by atoms with Gasteiger partial charge in [-0.2, -0.15) is 5.01 Å². The number of carboxylic acid groups (broad SMARTS) is 1. The first kappa shape index (κ1) is 17.7. The standard InChI is InChI=1S/C10H13F2N5O.C2H4O2/c1-5-3-7(15-9(13)14-5)17-10(18,8(11)12)4-6(2)16-17;1-2(3)4/h3,8,18H,4H2,1-2H3,(H2,13,14,15);1H3,(H,3,4). The number of carbonyl (C=O) groups is 1. The first-order chi connectivity index (χ1) is 10.1. The van der Waals surface area contributed by atoms with Gasteiger partial charge in [0.25, 0.3) is 12.2 Å². The second-order valence-electron chi connectivity index (χ2n) is 4.79. The molecule has 4 N–H and O–H groups in total. The summed E-state index contributed by atoms with van der Waals surface area (Å²) in [5.41, 5.74) is 4.12. The largest absolute Gasteiger partial charge is 0.550 e. The number of nitrogens with one attached hydrogen (secondary N) is 1. The summed E-state index contributed by atoms with van der Waals surface area (Å²) in [5, 5.41) is 23.7. The van der Waals surface area contributed by atoms with E-state index >= 15 is 0 Å². The third kappa shape index (κ3) is 4.07. The number of aromatic amines is 1. The molecule has 0 spiro atoms. The zero-order valence-corrected chi connectivity index (χ0v) is 12.3. The predicted molar refractivity (Wildman–Crippen MR) is 71.8 cm³/mol. The Bertz CT molecular complexity index is 572. The van der Waals surface area contributed by atoms with Crippen molar-refractivity contribution in [3.8, 4) is 0 Å². The minimum atomic E-state index is -2.96. The molecule has 1 unspecified atom stereocenters.